The number of methoxy groups -OCH3 is 2. The number of hydrogen-bond donors (Lipinski definition) is 2. The summed E-state index contributed by atoms with van der Waals surface area (Å²) in [6.07, 6.45) is -0.320. The molecule has 0 aliphatic heterocycles. The van der Waals surface area contributed by atoms with Gasteiger partial charge < -0.3 is 19.9 Å². The Labute approximate surface area is 154 Å². The molecule has 1 heterocycles. The molecule has 8 heteroatoms. The van der Waals surface area contributed by atoms with Crippen molar-refractivity contribution in [1.29, 1.82) is 0 Å². The van der Waals surface area contributed by atoms with Crippen LogP contribution < -0.4 is 14.8 Å². The van der Waals surface area contributed by atoms with Crippen LogP contribution in [0.2, 0.25) is 0 Å². The van der Waals surface area contributed by atoms with Crippen LogP contribution in [-0.4, -0.2) is 37.0 Å². The fourth-order valence-corrected chi connectivity index (χ4v) is 3.24. The first kappa shape index (κ1) is 19.5. The lowest BCUT2D eigenvalue weighted by molar-refractivity contribution is -0.137. The lowest BCUT2D eigenvalue weighted by Crippen LogP contribution is -2.30. The minimum Gasteiger partial charge on any atom is -0.497 e. The second kappa shape index (κ2) is 8.48. The molecule has 2 aromatic rings. The van der Waals surface area contributed by atoms with Gasteiger partial charge in [0.15, 0.2) is 5.78 Å². The number of carbonyl (C=O) groups is 3. The fraction of sp³-hybridized carbons (Fsp3) is 0.278. The van der Waals surface area contributed by atoms with Crippen molar-refractivity contribution in [2.24, 2.45) is 0 Å². The highest BCUT2D eigenvalue weighted by atomic mass is 32.1. The molecule has 0 aliphatic rings. The highest BCUT2D eigenvalue weighted by Gasteiger charge is 2.23. The zero-order valence-corrected chi connectivity index (χ0v) is 15.4. The zero-order valence-electron chi connectivity index (χ0n) is 14.6. The van der Waals surface area contributed by atoms with Crippen molar-refractivity contribution >= 4 is 29.0 Å². The molecule has 0 radical (unpaired) electrons. The van der Waals surface area contributed by atoms with Gasteiger partial charge in [-0.1, -0.05) is 0 Å². The number of rotatable bonds is 8. The molecular formula is C18H19NO6S. The van der Waals surface area contributed by atoms with E-state index < -0.39 is 17.9 Å². The second-order valence-electron chi connectivity index (χ2n) is 5.49. The molecule has 0 saturated carbocycles. The number of ether oxygens (including phenoxy) is 2. The molecule has 1 amide bonds. The molecule has 7 nitrogen and oxygen atoms in total. The summed E-state index contributed by atoms with van der Waals surface area (Å²) in [5.74, 6) is -0.698. The Bertz CT molecular complexity index is 829. The van der Waals surface area contributed by atoms with Gasteiger partial charge in [0.25, 0.3) is 5.91 Å². The third-order valence-electron chi connectivity index (χ3n) is 3.73. The Hall–Kier alpha value is -2.87. The maximum absolute atomic E-state index is 12.5. The van der Waals surface area contributed by atoms with E-state index >= 15 is 0 Å². The van der Waals surface area contributed by atoms with Gasteiger partial charge in [0.05, 0.1) is 31.6 Å². The number of Topliss-reactive ketones (excluding diaryl/α,β-unsaturated/α-hetero) is 1. The van der Waals surface area contributed by atoms with Crippen molar-refractivity contribution in [3.63, 3.8) is 0 Å². The molecule has 2 N–H and O–H groups in total. The SMILES string of the molecule is COc1ccc(C(CC(=O)O)NC(=O)c2cc(C(C)=O)cs2)c(OC)c1. The highest BCUT2D eigenvalue weighted by molar-refractivity contribution is 7.12. The second-order valence-corrected chi connectivity index (χ2v) is 6.40. The van der Waals surface area contributed by atoms with E-state index in [2.05, 4.69) is 5.32 Å². The first-order chi connectivity index (χ1) is 12.3. The Kier molecular flexibility index (Phi) is 6.35. The van der Waals surface area contributed by atoms with Crippen LogP contribution in [0.5, 0.6) is 11.5 Å². The number of amides is 1. The summed E-state index contributed by atoms with van der Waals surface area (Å²) in [6.45, 7) is 1.42. The van der Waals surface area contributed by atoms with Crippen molar-refractivity contribution in [3.8, 4) is 11.5 Å². The van der Waals surface area contributed by atoms with Gasteiger partial charge >= 0.3 is 5.97 Å². The van der Waals surface area contributed by atoms with Gasteiger partial charge in [-0.3, -0.25) is 14.4 Å². The van der Waals surface area contributed by atoms with Crippen LogP contribution in [0.15, 0.2) is 29.6 Å². The molecular weight excluding hydrogens is 358 g/mol. The van der Waals surface area contributed by atoms with Gasteiger partial charge in [-0.25, -0.2) is 0 Å². The summed E-state index contributed by atoms with van der Waals surface area (Å²) in [5.41, 5.74) is 0.962. The van der Waals surface area contributed by atoms with Gasteiger partial charge in [-0.15, -0.1) is 11.3 Å². The summed E-state index contributed by atoms with van der Waals surface area (Å²) < 4.78 is 10.4. The van der Waals surface area contributed by atoms with Gasteiger partial charge in [0.2, 0.25) is 0 Å². The first-order valence-corrected chi connectivity index (χ1v) is 8.57. The van der Waals surface area contributed by atoms with Crippen LogP contribution >= 0.6 is 11.3 Å². The average molecular weight is 377 g/mol. The van der Waals surface area contributed by atoms with Crippen molar-refractivity contribution in [2.45, 2.75) is 19.4 Å². The van der Waals surface area contributed by atoms with Gasteiger partial charge in [0, 0.05) is 22.6 Å². The average Bonchev–Trinajstić information content (AvgIpc) is 3.10. The third kappa shape index (κ3) is 4.60. The molecule has 0 bridgehead atoms. The van der Waals surface area contributed by atoms with E-state index in [0.29, 0.717) is 27.5 Å². The number of hydrogen-bond acceptors (Lipinski definition) is 6. The van der Waals surface area contributed by atoms with Crippen molar-refractivity contribution in [2.75, 3.05) is 14.2 Å². The summed E-state index contributed by atoms with van der Waals surface area (Å²) in [5, 5.41) is 13.5. The van der Waals surface area contributed by atoms with Gasteiger partial charge in [-0.2, -0.15) is 0 Å². The molecule has 0 saturated heterocycles. The minimum absolute atomic E-state index is 0.140. The van der Waals surface area contributed by atoms with Crippen LogP contribution in [0.1, 0.15) is 45.0 Å². The maximum Gasteiger partial charge on any atom is 0.305 e. The Morgan fingerprint density at radius 3 is 2.46 bits per heavy atom. The number of ketones is 1. The van der Waals surface area contributed by atoms with E-state index in [1.54, 1.807) is 23.6 Å². The summed E-state index contributed by atoms with van der Waals surface area (Å²) in [7, 11) is 2.96. The quantitative estimate of drug-likeness (QED) is 0.686. The summed E-state index contributed by atoms with van der Waals surface area (Å²) in [6, 6.07) is 5.63. The molecule has 138 valence electrons. The summed E-state index contributed by atoms with van der Waals surface area (Å²) >= 11 is 1.13. The molecule has 1 atom stereocenters. The Balaban J connectivity index is 2.31. The highest BCUT2D eigenvalue weighted by Crippen LogP contribution is 2.31. The number of thiophene rings is 1. The number of carbonyl (C=O) groups excluding carboxylic acids is 2. The van der Waals surface area contributed by atoms with Crippen LogP contribution in [-0.2, 0) is 4.79 Å². The molecule has 0 aliphatic carbocycles. The van der Waals surface area contributed by atoms with E-state index in [0.717, 1.165) is 11.3 Å². The fourth-order valence-electron chi connectivity index (χ4n) is 2.39. The molecule has 1 unspecified atom stereocenters. The summed E-state index contributed by atoms with van der Waals surface area (Å²) in [4.78, 5) is 35.5. The van der Waals surface area contributed by atoms with E-state index in [1.807, 2.05) is 0 Å². The third-order valence-corrected chi connectivity index (χ3v) is 4.66. The zero-order chi connectivity index (χ0) is 19.3. The smallest absolute Gasteiger partial charge is 0.305 e. The van der Waals surface area contributed by atoms with Gasteiger partial charge in [-0.05, 0) is 25.1 Å². The largest absolute Gasteiger partial charge is 0.497 e. The molecule has 2 rings (SSSR count). The van der Waals surface area contributed by atoms with E-state index in [-0.39, 0.29) is 12.2 Å². The monoisotopic (exact) mass is 377 g/mol. The predicted octanol–water partition coefficient (Wildman–Crippen LogP) is 2.91. The number of carboxylic acid groups (broad SMARTS) is 1. The Morgan fingerprint density at radius 2 is 1.92 bits per heavy atom. The minimum atomic E-state index is -1.07. The molecule has 26 heavy (non-hydrogen) atoms. The van der Waals surface area contributed by atoms with Crippen LogP contribution in [0.25, 0.3) is 0 Å². The Morgan fingerprint density at radius 1 is 1.19 bits per heavy atom. The predicted molar refractivity (Wildman–Crippen MR) is 96.3 cm³/mol. The van der Waals surface area contributed by atoms with Crippen molar-refractivity contribution in [3.05, 3.63) is 45.6 Å². The number of aliphatic carboxylic acids is 1. The van der Waals surface area contributed by atoms with E-state index in [4.69, 9.17) is 9.47 Å². The number of nitrogens with one attached hydrogen (secondary N) is 1. The van der Waals surface area contributed by atoms with Crippen LogP contribution in [0.4, 0.5) is 0 Å². The molecule has 1 aromatic carbocycles. The van der Waals surface area contributed by atoms with Crippen molar-refractivity contribution < 1.29 is 29.0 Å². The van der Waals surface area contributed by atoms with Crippen molar-refractivity contribution in [1.82, 2.24) is 5.32 Å². The first-order valence-electron chi connectivity index (χ1n) is 7.69. The molecule has 0 spiro atoms. The normalized spacial score (nSPS) is 11.5. The van der Waals surface area contributed by atoms with E-state index in [1.165, 1.54) is 27.2 Å². The van der Waals surface area contributed by atoms with Crippen LogP contribution in [0.3, 0.4) is 0 Å². The maximum atomic E-state index is 12.5. The van der Waals surface area contributed by atoms with Gasteiger partial charge in [0.1, 0.15) is 11.5 Å². The molecule has 0 fully saturated rings. The lowest BCUT2D eigenvalue weighted by Gasteiger charge is -2.20. The topological polar surface area (TPSA) is 102 Å². The standard InChI is InChI=1S/C18H19NO6S/c1-10(20)11-6-16(26-9-11)18(23)19-14(8-17(21)22)13-5-4-12(24-2)7-15(13)25-3/h4-7,9,14H,8H2,1-3H3,(H,19,23)(H,21,22). The number of carboxylic acids is 1. The van der Waals surface area contributed by atoms with E-state index in [9.17, 15) is 19.5 Å². The molecule has 1 aromatic heterocycles. The van der Waals surface area contributed by atoms with Crippen LogP contribution in [0, 0.1) is 0 Å². The lowest BCUT2D eigenvalue weighted by atomic mass is 10.0. The number of benzene rings is 1.